The Morgan fingerprint density at radius 2 is 2.12 bits per heavy atom. The number of aromatic nitrogens is 1. The largest absolute Gasteiger partial charge is 0.423 e. The van der Waals surface area contributed by atoms with Crippen LogP contribution in [0.2, 0.25) is 0 Å². The first-order valence-corrected chi connectivity index (χ1v) is 8.62. The first kappa shape index (κ1) is 16.3. The number of amides is 2. The molecule has 1 aliphatic rings. The van der Waals surface area contributed by atoms with Gasteiger partial charge < -0.3 is 14.6 Å². The van der Waals surface area contributed by atoms with Crippen LogP contribution in [-0.4, -0.2) is 22.0 Å². The minimum absolute atomic E-state index is 0.174. The minimum atomic E-state index is -0.395. The number of hydrogen-bond acceptors (Lipinski definition) is 4. The van der Waals surface area contributed by atoms with E-state index in [4.69, 9.17) is 4.42 Å². The summed E-state index contributed by atoms with van der Waals surface area (Å²) in [6, 6.07) is 12.6. The first-order valence-electron chi connectivity index (χ1n) is 8.62. The lowest BCUT2D eigenvalue weighted by atomic mass is 10.1. The van der Waals surface area contributed by atoms with Crippen molar-refractivity contribution in [3.8, 4) is 0 Å². The summed E-state index contributed by atoms with van der Waals surface area (Å²) in [6.45, 7) is 2.33. The Kier molecular flexibility index (Phi) is 4.16. The molecule has 0 aliphatic heterocycles. The molecule has 0 bridgehead atoms. The van der Waals surface area contributed by atoms with Gasteiger partial charge in [-0.3, -0.25) is 4.98 Å². The van der Waals surface area contributed by atoms with E-state index in [1.54, 1.807) is 17.2 Å². The normalized spacial score (nSPS) is 13.6. The summed E-state index contributed by atoms with van der Waals surface area (Å²) < 4.78 is 5.25. The molecule has 1 fully saturated rings. The van der Waals surface area contributed by atoms with Crippen molar-refractivity contribution in [2.75, 3.05) is 5.32 Å². The number of benzene rings is 1. The minimum Gasteiger partial charge on any atom is -0.423 e. The predicted molar refractivity (Wildman–Crippen MR) is 99.0 cm³/mol. The lowest BCUT2D eigenvalue weighted by molar-refractivity contribution is 0.205. The van der Waals surface area contributed by atoms with Crippen molar-refractivity contribution in [3.05, 3.63) is 70.3 Å². The third-order valence-electron chi connectivity index (χ3n) is 4.51. The van der Waals surface area contributed by atoms with Crippen LogP contribution >= 0.6 is 0 Å². The second kappa shape index (κ2) is 6.63. The van der Waals surface area contributed by atoms with Crippen LogP contribution in [0.5, 0.6) is 0 Å². The van der Waals surface area contributed by atoms with E-state index in [1.807, 2.05) is 37.3 Å². The van der Waals surface area contributed by atoms with Gasteiger partial charge in [-0.2, -0.15) is 0 Å². The van der Waals surface area contributed by atoms with Crippen LogP contribution in [0.15, 0.2) is 57.9 Å². The summed E-state index contributed by atoms with van der Waals surface area (Å²) in [5.74, 6) is 0. The number of urea groups is 1. The Bertz CT molecular complexity index is 1010. The quantitative estimate of drug-likeness (QED) is 0.729. The van der Waals surface area contributed by atoms with E-state index < -0.39 is 5.63 Å². The molecule has 0 radical (unpaired) electrons. The Morgan fingerprint density at radius 1 is 1.27 bits per heavy atom. The molecule has 1 saturated carbocycles. The molecule has 0 saturated heterocycles. The maximum Gasteiger partial charge on any atom is 0.336 e. The van der Waals surface area contributed by atoms with Crippen molar-refractivity contribution >= 4 is 22.7 Å². The summed E-state index contributed by atoms with van der Waals surface area (Å²) in [4.78, 5) is 30.5. The van der Waals surface area contributed by atoms with Crippen LogP contribution in [0.25, 0.3) is 11.0 Å². The Labute approximate surface area is 150 Å². The fourth-order valence-electron chi connectivity index (χ4n) is 3.02. The van der Waals surface area contributed by atoms with E-state index in [9.17, 15) is 9.59 Å². The summed E-state index contributed by atoms with van der Waals surface area (Å²) >= 11 is 0. The van der Waals surface area contributed by atoms with Crippen LogP contribution in [0, 0.1) is 6.92 Å². The molecular weight excluding hydrogens is 330 g/mol. The average molecular weight is 349 g/mol. The summed E-state index contributed by atoms with van der Waals surface area (Å²) in [6.07, 6.45) is 3.74. The average Bonchev–Trinajstić information content (AvgIpc) is 3.45. The van der Waals surface area contributed by atoms with Gasteiger partial charge in [-0.05, 0) is 49.6 Å². The molecule has 1 N–H and O–H groups in total. The SMILES string of the molecule is Cc1cc(=O)oc2cc(NC(=O)N(Cc3ccccn3)C3CC3)ccc12. The fraction of sp³-hybridized carbons (Fsp3) is 0.250. The third-order valence-corrected chi connectivity index (χ3v) is 4.51. The number of nitrogens with one attached hydrogen (secondary N) is 1. The van der Waals surface area contributed by atoms with E-state index in [0.717, 1.165) is 29.5 Å². The maximum atomic E-state index is 12.8. The van der Waals surface area contributed by atoms with Gasteiger partial charge in [0, 0.05) is 35.4 Å². The van der Waals surface area contributed by atoms with Gasteiger partial charge in [-0.25, -0.2) is 9.59 Å². The highest BCUT2D eigenvalue weighted by atomic mass is 16.4. The van der Waals surface area contributed by atoms with Crippen molar-refractivity contribution < 1.29 is 9.21 Å². The summed E-state index contributed by atoms with van der Waals surface area (Å²) in [5.41, 5.74) is 2.38. The lowest BCUT2D eigenvalue weighted by Gasteiger charge is -2.22. The highest BCUT2D eigenvalue weighted by Crippen LogP contribution is 2.29. The molecule has 0 atom stereocenters. The Morgan fingerprint density at radius 3 is 2.85 bits per heavy atom. The Hall–Kier alpha value is -3.15. The fourth-order valence-corrected chi connectivity index (χ4v) is 3.02. The number of aryl methyl sites for hydroxylation is 1. The van der Waals surface area contributed by atoms with Crippen molar-refractivity contribution in [1.29, 1.82) is 0 Å². The number of carbonyl (C=O) groups excluding carboxylic acids is 1. The standard InChI is InChI=1S/C20H19N3O3/c1-13-10-19(24)26-18-11-14(5-8-17(13)18)22-20(25)23(16-6-7-16)12-15-4-2-3-9-21-15/h2-5,8-11,16H,6-7,12H2,1H3,(H,22,25). The zero-order chi connectivity index (χ0) is 18.1. The molecule has 2 heterocycles. The smallest absolute Gasteiger partial charge is 0.336 e. The number of anilines is 1. The van der Waals surface area contributed by atoms with Crippen molar-refractivity contribution in [3.63, 3.8) is 0 Å². The van der Waals surface area contributed by atoms with Gasteiger partial charge in [-0.15, -0.1) is 0 Å². The molecule has 26 heavy (non-hydrogen) atoms. The summed E-state index contributed by atoms with van der Waals surface area (Å²) in [5, 5.41) is 3.77. The van der Waals surface area contributed by atoms with Crippen molar-refractivity contribution in [1.82, 2.24) is 9.88 Å². The molecule has 3 aromatic rings. The van der Waals surface area contributed by atoms with Crippen molar-refractivity contribution in [2.24, 2.45) is 0 Å². The second-order valence-electron chi connectivity index (χ2n) is 6.57. The zero-order valence-corrected chi connectivity index (χ0v) is 14.4. The topological polar surface area (TPSA) is 75.4 Å². The summed E-state index contributed by atoms with van der Waals surface area (Å²) in [7, 11) is 0. The molecule has 2 amide bonds. The molecule has 1 aliphatic carbocycles. The number of pyridine rings is 1. The van der Waals surface area contributed by atoms with E-state index in [2.05, 4.69) is 10.3 Å². The van der Waals surface area contributed by atoms with Crippen molar-refractivity contribution in [2.45, 2.75) is 32.4 Å². The number of hydrogen-bond donors (Lipinski definition) is 1. The highest BCUT2D eigenvalue weighted by molar-refractivity contribution is 5.92. The van der Waals surface area contributed by atoms with E-state index in [1.165, 1.54) is 6.07 Å². The van der Waals surface area contributed by atoms with Gasteiger partial charge in [0.2, 0.25) is 0 Å². The van der Waals surface area contributed by atoms with Gasteiger partial charge in [-0.1, -0.05) is 6.07 Å². The molecule has 0 spiro atoms. The first-order chi connectivity index (χ1) is 12.6. The lowest BCUT2D eigenvalue weighted by Crippen LogP contribution is -2.36. The third kappa shape index (κ3) is 3.44. The zero-order valence-electron chi connectivity index (χ0n) is 14.4. The predicted octanol–water partition coefficient (Wildman–Crippen LogP) is 3.69. The molecule has 6 nitrogen and oxygen atoms in total. The van der Waals surface area contributed by atoms with Crippen LogP contribution in [0.3, 0.4) is 0 Å². The van der Waals surface area contributed by atoms with Gasteiger partial charge >= 0.3 is 11.7 Å². The van der Waals surface area contributed by atoms with Gasteiger partial charge in [0.1, 0.15) is 5.58 Å². The number of fused-ring (bicyclic) bond motifs is 1. The molecule has 4 rings (SSSR count). The van der Waals surface area contributed by atoms with E-state index in [-0.39, 0.29) is 12.1 Å². The van der Waals surface area contributed by atoms with Gasteiger partial charge in [0.15, 0.2) is 0 Å². The molecule has 1 aromatic carbocycles. The number of carbonyl (C=O) groups is 1. The van der Waals surface area contributed by atoms with Crippen LogP contribution in [-0.2, 0) is 6.54 Å². The Balaban J connectivity index is 1.56. The molecule has 132 valence electrons. The highest BCUT2D eigenvalue weighted by Gasteiger charge is 2.33. The monoisotopic (exact) mass is 349 g/mol. The van der Waals surface area contributed by atoms with Crippen LogP contribution in [0.1, 0.15) is 24.1 Å². The molecular formula is C20H19N3O3. The number of nitrogens with zero attached hydrogens (tertiary/aromatic N) is 2. The van der Waals surface area contributed by atoms with Crippen LogP contribution < -0.4 is 10.9 Å². The van der Waals surface area contributed by atoms with Gasteiger partial charge in [0.05, 0.1) is 12.2 Å². The van der Waals surface area contributed by atoms with Gasteiger partial charge in [0.25, 0.3) is 0 Å². The van der Waals surface area contributed by atoms with E-state index in [0.29, 0.717) is 17.8 Å². The maximum absolute atomic E-state index is 12.8. The number of rotatable bonds is 4. The second-order valence-corrected chi connectivity index (χ2v) is 6.57. The van der Waals surface area contributed by atoms with E-state index >= 15 is 0 Å². The molecule has 2 aromatic heterocycles. The molecule has 6 heteroatoms. The van der Waals surface area contributed by atoms with Crippen LogP contribution in [0.4, 0.5) is 10.5 Å². The molecule has 0 unspecified atom stereocenters.